The number of nitrogens with zero attached hydrogens (tertiary/aromatic N) is 4. The predicted molar refractivity (Wildman–Crippen MR) is 140 cm³/mol. The highest BCUT2D eigenvalue weighted by Gasteiger charge is 2.43. The Bertz CT molecular complexity index is 1230. The van der Waals surface area contributed by atoms with Gasteiger partial charge in [0.2, 0.25) is 17.6 Å². The first-order chi connectivity index (χ1) is 19.1. The highest BCUT2D eigenvalue weighted by molar-refractivity contribution is 5.96. The Morgan fingerprint density at radius 1 is 1.20 bits per heavy atom. The Balaban J connectivity index is 1.60. The maximum Gasteiger partial charge on any atom is 0.370 e. The van der Waals surface area contributed by atoms with Gasteiger partial charge in [-0.3, -0.25) is 19.6 Å². The van der Waals surface area contributed by atoms with Crippen LogP contribution in [0.15, 0.2) is 53.4 Å². The molecule has 1 aliphatic rings. The van der Waals surface area contributed by atoms with Crippen LogP contribution in [-0.2, 0) is 25.7 Å². The fourth-order valence-corrected chi connectivity index (χ4v) is 4.07. The molecule has 0 radical (unpaired) electrons. The Hall–Kier alpha value is -4.34. The number of carbonyl (C=O) groups excluding carboxylic acids is 2. The first-order valence-corrected chi connectivity index (χ1v) is 12.5. The minimum absolute atomic E-state index is 0.111. The number of aliphatic imine (C=N–C) groups is 1. The number of aryl methyl sites for hydroxylation is 1. The van der Waals surface area contributed by atoms with E-state index in [0.717, 1.165) is 17.3 Å². The fourth-order valence-electron chi connectivity index (χ4n) is 4.07. The second-order valence-electron chi connectivity index (χ2n) is 9.13. The Kier molecular flexibility index (Phi) is 10.7. The van der Waals surface area contributed by atoms with Crippen molar-refractivity contribution in [2.45, 2.75) is 63.1 Å². The summed E-state index contributed by atoms with van der Waals surface area (Å²) in [5.74, 6) is -3.48. The first-order valence-electron chi connectivity index (χ1n) is 12.5. The Morgan fingerprint density at radius 3 is 2.58 bits per heavy atom. The molecule has 0 spiro atoms. The summed E-state index contributed by atoms with van der Waals surface area (Å²) in [5.41, 5.74) is 7.59. The molecule has 2 amide bonds. The maximum absolute atomic E-state index is 12.4. The zero-order chi connectivity index (χ0) is 29.2. The first kappa shape index (κ1) is 30.2. The summed E-state index contributed by atoms with van der Waals surface area (Å²) < 4.78 is 6.97. The van der Waals surface area contributed by atoms with Crippen molar-refractivity contribution < 1.29 is 39.5 Å². The summed E-state index contributed by atoms with van der Waals surface area (Å²) in [6.07, 6.45) is -0.865. The van der Waals surface area contributed by atoms with Crippen molar-refractivity contribution in [3.8, 4) is 11.3 Å². The second kappa shape index (κ2) is 14.2. The van der Waals surface area contributed by atoms with Gasteiger partial charge in [-0.25, -0.2) is 9.79 Å². The summed E-state index contributed by atoms with van der Waals surface area (Å²) in [7, 11) is 0. The average molecular weight is 560 g/mol. The van der Waals surface area contributed by atoms with Gasteiger partial charge in [0.25, 0.3) is 0 Å². The van der Waals surface area contributed by atoms with Gasteiger partial charge in [-0.2, -0.15) is 0 Å². The number of unbranched alkanes of at least 4 members (excludes halogenated alkanes) is 1. The van der Waals surface area contributed by atoms with E-state index in [0.29, 0.717) is 19.4 Å². The van der Waals surface area contributed by atoms with Crippen LogP contribution in [0.1, 0.15) is 26.2 Å². The van der Waals surface area contributed by atoms with Crippen LogP contribution in [0.4, 0.5) is 0 Å². The zero-order valence-electron chi connectivity index (χ0n) is 21.8. The number of benzene rings is 1. The summed E-state index contributed by atoms with van der Waals surface area (Å²) in [4.78, 5) is 39.9. The van der Waals surface area contributed by atoms with E-state index in [1.807, 2.05) is 36.5 Å². The van der Waals surface area contributed by atoms with Crippen LogP contribution in [0.2, 0.25) is 0 Å². The number of aliphatic hydroxyl groups excluding tert-OH is 3. The molecule has 1 unspecified atom stereocenters. The number of amides is 2. The van der Waals surface area contributed by atoms with Crippen molar-refractivity contribution in [3.63, 3.8) is 0 Å². The third kappa shape index (κ3) is 8.33. The molecule has 40 heavy (non-hydrogen) atoms. The number of aliphatic hydroxyl groups is 3. The number of guanidine groups is 1. The number of aliphatic carboxylic acids is 1. The van der Waals surface area contributed by atoms with Gasteiger partial charge in [0.15, 0.2) is 5.96 Å². The summed E-state index contributed by atoms with van der Waals surface area (Å²) >= 11 is 0. The number of aromatic nitrogens is 3. The van der Waals surface area contributed by atoms with E-state index >= 15 is 0 Å². The number of nitrogens with one attached hydrogen (secondary N) is 2. The maximum atomic E-state index is 12.4. The number of nitrogens with two attached hydrogens (primary N) is 1. The van der Waals surface area contributed by atoms with E-state index in [1.165, 1.54) is 6.92 Å². The van der Waals surface area contributed by atoms with Crippen molar-refractivity contribution in [2.75, 3.05) is 6.61 Å². The molecule has 0 fully saturated rings. The minimum atomic E-state index is -1.79. The number of carbonyl (C=O) groups is 3. The molecule has 8 N–H and O–H groups in total. The molecule has 0 bridgehead atoms. The lowest BCUT2D eigenvalue weighted by molar-refractivity contribution is -0.145. The molecule has 15 nitrogen and oxygen atoms in total. The van der Waals surface area contributed by atoms with Crippen LogP contribution in [0, 0.1) is 0 Å². The van der Waals surface area contributed by atoms with E-state index in [9.17, 15) is 34.8 Å². The third-order valence-electron chi connectivity index (χ3n) is 6.01. The number of hydrogen-bond acceptors (Lipinski definition) is 10. The molecule has 2 heterocycles. The van der Waals surface area contributed by atoms with E-state index in [4.69, 9.17) is 10.5 Å². The van der Waals surface area contributed by atoms with Crippen LogP contribution in [0.25, 0.3) is 11.3 Å². The molecular weight excluding hydrogens is 526 g/mol. The molecule has 3 rings (SSSR count). The SMILES string of the molecule is CC(=O)N[C@H]1C([C@H](O)[C@H](O)CO)OC(C(=O)O)=C[C@@H]1N=C(N)NC(=O)CCCCn1cc(-c2ccccc2)nn1. The fraction of sp³-hybridized carbons (Fsp3) is 0.440. The molecule has 15 heteroatoms. The lowest BCUT2D eigenvalue weighted by Gasteiger charge is -2.38. The molecule has 216 valence electrons. The average Bonchev–Trinajstić information content (AvgIpc) is 3.40. The molecular formula is C25H33N7O8. The van der Waals surface area contributed by atoms with Gasteiger partial charge < -0.3 is 36.2 Å². The summed E-state index contributed by atoms with van der Waals surface area (Å²) in [5, 5.41) is 52.1. The quantitative estimate of drug-likeness (QED) is 0.0898. The smallest absolute Gasteiger partial charge is 0.370 e. The Labute approximate surface area is 229 Å². The molecule has 5 atom stereocenters. The van der Waals surface area contributed by atoms with Gasteiger partial charge in [0, 0.05) is 25.5 Å². The van der Waals surface area contributed by atoms with E-state index < -0.39 is 60.5 Å². The van der Waals surface area contributed by atoms with E-state index in [2.05, 4.69) is 25.9 Å². The van der Waals surface area contributed by atoms with Crippen molar-refractivity contribution in [3.05, 3.63) is 48.4 Å². The lowest BCUT2D eigenvalue weighted by atomic mass is 9.92. The van der Waals surface area contributed by atoms with Gasteiger partial charge in [-0.15, -0.1) is 5.10 Å². The highest BCUT2D eigenvalue weighted by Crippen LogP contribution is 2.25. The van der Waals surface area contributed by atoms with Crippen molar-refractivity contribution >= 4 is 23.7 Å². The molecule has 1 aromatic carbocycles. The second-order valence-corrected chi connectivity index (χ2v) is 9.13. The number of carboxylic acid groups (broad SMARTS) is 1. The molecule has 0 aliphatic carbocycles. The number of ether oxygens (including phenoxy) is 1. The van der Waals surface area contributed by atoms with Crippen LogP contribution in [0.5, 0.6) is 0 Å². The molecule has 1 aromatic heterocycles. The highest BCUT2D eigenvalue weighted by atomic mass is 16.5. The summed E-state index contributed by atoms with van der Waals surface area (Å²) in [6.45, 7) is 0.872. The Morgan fingerprint density at radius 2 is 1.93 bits per heavy atom. The number of carboxylic acids is 1. The summed E-state index contributed by atoms with van der Waals surface area (Å²) in [6, 6.07) is 7.22. The van der Waals surface area contributed by atoms with Gasteiger partial charge in [-0.05, 0) is 18.9 Å². The largest absolute Gasteiger partial charge is 0.478 e. The monoisotopic (exact) mass is 559 g/mol. The third-order valence-corrected chi connectivity index (χ3v) is 6.01. The van der Waals surface area contributed by atoms with Crippen molar-refractivity contribution in [1.82, 2.24) is 25.6 Å². The van der Waals surface area contributed by atoms with Gasteiger partial charge in [-0.1, -0.05) is 35.5 Å². The number of hydrogen-bond donors (Lipinski definition) is 7. The minimum Gasteiger partial charge on any atom is -0.478 e. The van der Waals surface area contributed by atoms with Gasteiger partial charge in [0.1, 0.15) is 24.0 Å². The lowest BCUT2D eigenvalue weighted by Crippen LogP contribution is -2.60. The van der Waals surface area contributed by atoms with E-state index in [1.54, 1.807) is 4.68 Å². The van der Waals surface area contributed by atoms with Crippen LogP contribution < -0.4 is 16.4 Å². The van der Waals surface area contributed by atoms with Crippen LogP contribution in [0.3, 0.4) is 0 Å². The standard InChI is InChI=1S/C25H33N7O8/c1-14(34)27-21-16(11-19(24(38)39)40-23(21)22(37)18(35)13-33)28-25(26)29-20(36)9-5-6-10-32-12-17(30-31-32)15-7-3-2-4-8-15/h2-4,7-8,11-12,16,18,21-23,33,35,37H,5-6,9-10,13H2,1H3,(H,27,34)(H,38,39)(H3,26,28,29,36)/t16-,18+,21+,22+,23?/m0/s1. The molecule has 0 saturated heterocycles. The normalized spacial score (nSPS) is 20.6. The van der Waals surface area contributed by atoms with Crippen LogP contribution >= 0.6 is 0 Å². The molecule has 0 saturated carbocycles. The predicted octanol–water partition coefficient (Wildman–Crippen LogP) is -1.50. The van der Waals surface area contributed by atoms with Crippen molar-refractivity contribution in [2.24, 2.45) is 10.7 Å². The van der Waals surface area contributed by atoms with E-state index in [-0.39, 0.29) is 12.4 Å². The van der Waals surface area contributed by atoms with Gasteiger partial charge in [0.05, 0.1) is 24.9 Å². The van der Waals surface area contributed by atoms with Crippen LogP contribution in [-0.4, -0.2) is 96.2 Å². The topological polar surface area (TPSA) is 235 Å². The molecule has 1 aliphatic heterocycles. The molecule has 2 aromatic rings. The number of rotatable bonds is 12. The van der Waals surface area contributed by atoms with Gasteiger partial charge >= 0.3 is 5.97 Å². The zero-order valence-corrected chi connectivity index (χ0v) is 21.8. The van der Waals surface area contributed by atoms with Crippen molar-refractivity contribution in [1.29, 1.82) is 0 Å².